The second-order valence-electron chi connectivity index (χ2n) is 23.5. The number of pyridine rings is 1. The molecule has 3 saturated heterocycles. The van der Waals surface area contributed by atoms with Crippen LogP contribution >= 0.6 is 11.8 Å². The van der Waals surface area contributed by atoms with Crippen LogP contribution in [-0.4, -0.2) is 258 Å². The first-order chi connectivity index (χ1) is 43.2. The number of carbonyl (C=O) groups is 8. The summed E-state index contributed by atoms with van der Waals surface area (Å²) in [7, 11) is 0. The fraction of sp³-hybridized carbons (Fsp3) is 0.619. The molecular weight excluding hydrogens is 1190 g/mol. The van der Waals surface area contributed by atoms with Crippen LogP contribution in [0.15, 0.2) is 54.7 Å². The van der Waals surface area contributed by atoms with Crippen molar-refractivity contribution in [3.8, 4) is 11.8 Å². The molecule has 3 aromatic rings. The van der Waals surface area contributed by atoms with E-state index < -0.39 is 67.2 Å². The third-order valence-electron chi connectivity index (χ3n) is 16.4. The molecule has 2 aromatic carbocycles. The molecule has 5 amide bonds. The van der Waals surface area contributed by atoms with Crippen molar-refractivity contribution >= 4 is 70.1 Å². The molecule has 3 fully saturated rings. The third kappa shape index (κ3) is 26.0. The number of nitrogens with one attached hydrogen (secondary N) is 4. The van der Waals surface area contributed by atoms with Crippen LogP contribution in [0.5, 0.6) is 5.75 Å². The van der Waals surface area contributed by atoms with Crippen LogP contribution in [0.1, 0.15) is 92.1 Å². The van der Waals surface area contributed by atoms with Crippen molar-refractivity contribution in [3.63, 3.8) is 0 Å². The summed E-state index contributed by atoms with van der Waals surface area (Å²) in [6, 6.07) is 14.8. The highest BCUT2D eigenvalue weighted by Crippen LogP contribution is 2.32. The molecule has 0 spiro atoms. The number of aryl methyl sites for hydroxylation is 2. The molecule has 1 aromatic heterocycles. The maximum Gasteiger partial charge on any atom is 0.317 e. The Hall–Kier alpha value is -7.09. The lowest BCUT2D eigenvalue weighted by Gasteiger charge is -2.33. The van der Waals surface area contributed by atoms with E-state index in [9.17, 15) is 67.7 Å². The van der Waals surface area contributed by atoms with E-state index in [1.807, 2.05) is 11.8 Å². The molecule has 1 unspecified atom stereocenters. The van der Waals surface area contributed by atoms with Crippen LogP contribution in [0.25, 0.3) is 10.9 Å². The number of benzene rings is 2. The normalized spacial score (nSPS) is 17.8. The first-order valence-electron chi connectivity index (χ1n) is 31.3. The maximum atomic E-state index is 13.9. The molecule has 2 atom stereocenters. The Morgan fingerprint density at radius 3 is 2.01 bits per heavy atom. The topological polar surface area (TPSA) is 311 Å². The number of fused-ring (bicyclic) bond motifs is 1. The lowest BCUT2D eigenvalue weighted by molar-refractivity contribution is -0.140. The van der Waals surface area contributed by atoms with E-state index in [-0.39, 0.29) is 42.9 Å². The number of thioether (sulfide) groups is 1. The summed E-state index contributed by atoms with van der Waals surface area (Å²) in [4.78, 5) is 115. The fourth-order valence-corrected chi connectivity index (χ4v) is 12.2. The minimum Gasteiger partial charge on any atom is -0.494 e. The van der Waals surface area contributed by atoms with Crippen molar-refractivity contribution in [2.24, 2.45) is 5.92 Å². The standard InChI is InChI=1S/C63H90F2N12O12S/c1-46-11-13-47(14-12-46)7-5-9-55(78)69-23-36-90-44-54(68-22-26-72-27-29-73(41-58(81)82)31-33-75(43-60(85)86)34-32-74(30-28-72)42-59(83)84)62(88)70-20-4-2-3-10-56(79)76-24-18-48(19-25-76)8-6-35-89-50-15-16-53-52(37-50)51(17-21-67-53)61(87)71-40-57(80)77-45-63(64,65)38-49(77)39-66/h11-17,21,37,48-49,54,68H,2-10,18-20,22-36,38,40-45H2,1H3,(H,69,78)(H,70,88)(H,71,87)(H,81,82)(H,83,84)(H,85,86)/t49-,54?/m1/s1. The van der Waals surface area contributed by atoms with Gasteiger partial charge in [0.2, 0.25) is 23.6 Å². The van der Waals surface area contributed by atoms with E-state index in [1.54, 1.807) is 50.7 Å². The Bertz CT molecular complexity index is 2850. The number of nitrogens with zero attached hydrogens (tertiary/aromatic N) is 8. The highest BCUT2D eigenvalue weighted by Gasteiger charge is 2.47. The molecule has 0 bridgehead atoms. The first kappa shape index (κ1) is 72.0. The number of unbranched alkanes of at least 4 members (excludes halogenated alkanes) is 2. The number of likely N-dealkylation sites (tertiary alicyclic amines) is 2. The Kier molecular flexibility index (Phi) is 30.3. The van der Waals surface area contributed by atoms with Crippen LogP contribution in [0.4, 0.5) is 8.78 Å². The van der Waals surface area contributed by atoms with E-state index in [1.165, 1.54) is 23.4 Å². The van der Waals surface area contributed by atoms with Gasteiger partial charge in [0, 0.05) is 134 Å². The number of alkyl halides is 2. The number of carbonyl (C=O) groups excluding carboxylic acids is 5. The summed E-state index contributed by atoms with van der Waals surface area (Å²) in [6.45, 7) is 6.22. The summed E-state index contributed by atoms with van der Waals surface area (Å²) in [6.07, 6.45) is 8.58. The van der Waals surface area contributed by atoms with E-state index >= 15 is 0 Å². The quantitative estimate of drug-likeness (QED) is 0.0421. The summed E-state index contributed by atoms with van der Waals surface area (Å²) in [5.41, 5.74) is 3.12. The number of rotatable bonds is 34. The zero-order chi connectivity index (χ0) is 64.8. The van der Waals surface area contributed by atoms with E-state index in [2.05, 4.69) is 55.4 Å². The molecule has 3 aliphatic heterocycles. The van der Waals surface area contributed by atoms with Crippen LogP contribution in [0.2, 0.25) is 0 Å². The zero-order valence-corrected chi connectivity index (χ0v) is 52.5. The van der Waals surface area contributed by atoms with Crippen molar-refractivity contribution < 1.29 is 67.2 Å². The number of amides is 5. The number of carboxylic acid groups (broad SMARTS) is 3. The van der Waals surface area contributed by atoms with Gasteiger partial charge in [0.25, 0.3) is 11.8 Å². The molecule has 0 aliphatic carbocycles. The molecule has 0 saturated carbocycles. The van der Waals surface area contributed by atoms with Crippen molar-refractivity contribution in [2.45, 2.75) is 102 Å². The molecule has 6 rings (SSSR count). The summed E-state index contributed by atoms with van der Waals surface area (Å²) >= 11 is 1.54. The van der Waals surface area contributed by atoms with Gasteiger partial charge in [-0.25, -0.2) is 8.78 Å². The molecule has 494 valence electrons. The van der Waals surface area contributed by atoms with Crippen molar-refractivity contribution in [1.82, 2.24) is 55.7 Å². The van der Waals surface area contributed by atoms with Crippen molar-refractivity contribution in [2.75, 3.05) is 142 Å². The predicted octanol–water partition coefficient (Wildman–Crippen LogP) is 3.41. The van der Waals surface area contributed by atoms with Crippen LogP contribution in [-0.2, 0) is 40.0 Å². The molecular formula is C63H90F2N12O12S. The smallest absolute Gasteiger partial charge is 0.317 e. The molecule has 7 N–H and O–H groups in total. The number of aliphatic carboxylic acids is 3. The molecule has 0 radical (unpaired) electrons. The van der Waals surface area contributed by atoms with Gasteiger partial charge in [-0.2, -0.15) is 17.0 Å². The van der Waals surface area contributed by atoms with E-state index in [0.717, 1.165) is 49.8 Å². The first-order valence-corrected chi connectivity index (χ1v) is 32.5. The molecule has 3 aliphatic rings. The third-order valence-corrected chi connectivity index (χ3v) is 17.5. The Morgan fingerprint density at radius 1 is 0.733 bits per heavy atom. The van der Waals surface area contributed by atoms with Crippen LogP contribution in [0.3, 0.4) is 0 Å². The number of hydrogen-bond acceptors (Lipinski definition) is 17. The van der Waals surface area contributed by atoms with E-state index in [0.29, 0.717) is 158 Å². The van der Waals surface area contributed by atoms with Crippen molar-refractivity contribution in [3.05, 3.63) is 71.4 Å². The predicted molar refractivity (Wildman–Crippen MR) is 335 cm³/mol. The van der Waals surface area contributed by atoms with Crippen LogP contribution < -0.4 is 26.0 Å². The highest BCUT2D eigenvalue weighted by molar-refractivity contribution is 7.99. The Morgan fingerprint density at radius 2 is 1.38 bits per heavy atom. The largest absolute Gasteiger partial charge is 0.494 e. The fourth-order valence-electron chi connectivity index (χ4n) is 11.3. The number of hydrogen-bond donors (Lipinski definition) is 7. The average molecular weight is 1280 g/mol. The van der Waals surface area contributed by atoms with Gasteiger partial charge in [0.1, 0.15) is 11.8 Å². The highest BCUT2D eigenvalue weighted by atomic mass is 32.2. The molecule has 27 heteroatoms. The molecule has 90 heavy (non-hydrogen) atoms. The van der Waals surface area contributed by atoms with Gasteiger partial charge < -0.3 is 51.1 Å². The van der Waals surface area contributed by atoms with Gasteiger partial charge in [-0.3, -0.25) is 62.9 Å². The zero-order valence-electron chi connectivity index (χ0n) is 51.7. The van der Waals surface area contributed by atoms with Gasteiger partial charge in [0.05, 0.1) is 62.5 Å². The average Bonchev–Trinajstić information content (AvgIpc) is 1.52. The lowest BCUT2D eigenvalue weighted by Crippen LogP contribution is -2.51. The summed E-state index contributed by atoms with van der Waals surface area (Å²) in [5, 5.41) is 50.6. The Labute approximate surface area is 529 Å². The van der Waals surface area contributed by atoms with Gasteiger partial charge in [-0.15, -0.1) is 0 Å². The number of aromatic nitrogens is 1. The number of halogens is 2. The van der Waals surface area contributed by atoms with Crippen LogP contribution in [0, 0.1) is 24.2 Å². The van der Waals surface area contributed by atoms with E-state index in [4.69, 9.17) is 4.74 Å². The number of nitriles is 1. The van der Waals surface area contributed by atoms with Gasteiger partial charge in [-0.05, 0) is 94.0 Å². The number of ether oxygens (including phenoxy) is 1. The molecule has 24 nitrogen and oxygen atoms in total. The monoisotopic (exact) mass is 1280 g/mol. The minimum atomic E-state index is -3.17. The number of piperidine rings is 1. The maximum absolute atomic E-state index is 13.9. The lowest BCUT2D eigenvalue weighted by atomic mass is 9.92. The van der Waals surface area contributed by atoms with Gasteiger partial charge in [0.15, 0.2) is 0 Å². The summed E-state index contributed by atoms with van der Waals surface area (Å²) < 4.78 is 33.9. The second kappa shape index (κ2) is 37.9. The Balaban J connectivity index is 0.906. The number of carboxylic acids is 3. The van der Waals surface area contributed by atoms with Gasteiger partial charge in [-0.1, -0.05) is 36.2 Å². The molecule has 4 heterocycles. The summed E-state index contributed by atoms with van der Waals surface area (Å²) in [5.74, 6) is -5.72. The van der Waals surface area contributed by atoms with Crippen molar-refractivity contribution in [1.29, 1.82) is 5.26 Å². The SMILES string of the molecule is Cc1ccc(CCCC(=O)NCCSCC(NCCN2CCN(CC(=O)O)CCN(CC(=O)O)CCN(CC(=O)O)CC2)C(=O)NCCCCCC(=O)N2CCC(CCCOc3ccc4nccc(C(=O)NCC(=O)N5CC(F)(F)C[C@@H]5C#N)c4c3)CC2)cc1. The second-order valence-corrected chi connectivity index (χ2v) is 24.6. The minimum absolute atomic E-state index is 0.0274. The van der Waals surface area contributed by atoms with Gasteiger partial charge >= 0.3 is 17.9 Å².